The van der Waals surface area contributed by atoms with Gasteiger partial charge in [-0.25, -0.2) is 0 Å². The number of allylic oxidation sites excluding steroid dienone is 3. The van der Waals surface area contributed by atoms with Crippen LogP contribution < -0.4 is 40.4 Å². The van der Waals surface area contributed by atoms with Crippen LogP contribution in [0.4, 0.5) is 0 Å². The summed E-state index contributed by atoms with van der Waals surface area (Å²) < 4.78 is 12.8. The Kier molecular flexibility index (Phi) is 36.7. The first-order chi connectivity index (χ1) is 14.7. The Hall–Kier alpha value is -0.760. The number of carbonyl (C=O) groups is 4. The van der Waals surface area contributed by atoms with Crippen molar-refractivity contribution >= 4 is 55.7 Å². The average Bonchev–Trinajstić information content (AvgIpc) is 3.56. The van der Waals surface area contributed by atoms with Gasteiger partial charge in [0.2, 0.25) is 5.91 Å². The molecule has 0 unspecified atom stereocenters. The Morgan fingerprint density at radius 2 is 1.41 bits per heavy atom. The van der Waals surface area contributed by atoms with Crippen LogP contribution in [0.2, 0.25) is 0 Å². The number of hydrogen-bond acceptors (Lipinski definition) is 9. The molecule has 0 aromatic heterocycles. The Morgan fingerprint density at radius 1 is 1.03 bits per heavy atom. The second-order valence-corrected chi connectivity index (χ2v) is 6.28. The van der Waals surface area contributed by atoms with Crippen molar-refractivity contribution < 1.29 is 73.2 Å². The zero-order chi connectivity index (χ0) is 25.5. The number of halogens is 2. The number of rotatable bonds is 7. The van der Waals surface area contributed by atoms with Gasteiger partial charge >= 0.3 is 47.5 Å². The monoisotopic (exact) mass is 599 g/mol. The van der Waals surface area contributed by atoms with Gasteiger partial charge in [0.15, 0.2) is 5.41 Å². The van der Waals surface area contributed by atoms with E-state index in [0.717, 1.165) is 24.9 Å². The van der Waals surface area contributed by atoms with Gasteiger partial charge < -0.3 is 30.2 Å². The summed E-state index contributed by atoms with van der Waals surface area (Å²) >= 11 is 6.49. The molecule has 0 spiro atoms. The van der Waals surface area contributed by atoms with Gasteiger partial charge in [-0.15, -0.1) is 6.58 Å². The average molecular weight is 601 g/mol. The van der Waals surface area contributed by atoms with Gasteiger partial charge in [-0.2, -0.15) is 7.11 Å². The molecule has 1 saturated carbocycles. The van der Waals surface area contributed by atoms with Crippen LogP contribution in [0.15, 0.2) is 24.8 Å². The van der Waals surface area contributed by atoms with Crippen molar-refractivity contribution in [3.63, 3.8) is 0 Å². The molecule has 3 N–H and O–H groups in total. The van der Waals surface area contributed by atoms with E-state index in [1.165, 1.54) is 21.3 Å². The Morgan fingerprint density at radius 3 is 1.59 bits per heavy atom. The molecule has 1 fully saturated rings. The van der Waals surface area contributed by atoms with Crippen LogP contribution in [-0.4, -0.2) is 75.1 Å². The molecule has 32 heavy (non-hydrogen) atoms. The molecule has 1 rings (SSSR count). The molecule has 10 nitrogen and oxygen atoms in total. The Balaban J connectivity index is -0.000000109. The minimum absolute atomic E-state index is 0. The summed E-state index contributed by atoms with van der Waals surface area (Å²) in [6.45, 7) is 3.50. The first-order valence-electron chi connectivity index (χ1n) is 8.48. The molecule has 1 amide bonds. The number of carbonyl (C=O) groups excluding carboxylic acids is 4. The van der Waals surface area contributed by atoms with Gasteiger partial charge in [-0.1, -0.05) is 50.1 Å². The molecule has 0 saturated heterocycles. The molecule has 0 bridgehead atoms. The number of nitrogens with two attached hydrogens (primary N) is 1. The Labute approximate surface area is 228 Å². The topological polar surface area (TPSA) is 165 Å². The summed E-state index contributed by atoms with van der Waals surface area (Å²) in [5.74, 6) is -2.50. The fourth-order valence-corrected chi connectivity index (χ4v) is 2.29. The molecule has 2 atom stereocenters. The third-order valence-corrected chi connectivity index (χ3v) is 4.13. The van der Waals surface area contributed by atoms with Crippen molar-refractivity contribution in [3.05, 3.63) is 24.8 Å². The third kappa shape index (κ3) is 18.8. The molecular weight excluding hydrogens is 569 g/mol. The molecule has 0 aromatic carbocycles. The first kappa shape index (κ1) is 41.5. The summed E-state index contributed by atoms with van der Waals surface area (Å²) in [6, 6.07) is 0. The minimum atomic E-state index is -1.11. The van der Waals surface area contributed by atoms with Crippen molar-refractivity contribution in [1.82, 2.24) is 0 Å². The van der Waals surface area contributed by atoms with Gasteiger partial charge in [0.05, 0.1) is 21.3 Å². The second kappa shape index (κ2) is 28.3. The molecule has 0 heterocycles. The van der Waals surface area contributed by atoms with Gasteiger partial charge in [-0.3, -0.25) is 19.2 Å². The normalized spacial score (nSPS) is 16.7. The largest absolute Gasteiger partial charge is 1.00 e. The van der Waals surface area contributed by atoms with Crippen molar-refractivity contribution in [2.45, 2.75) is 12.8 Å². The van der Waals surface area contributed by atoms with Crippen LogP contribution in [0, 0.1) is 11.3 Å². The molecular formula is C19H32Br2NNaO9. The van der Waals surface area contributed by atoms with E-state index in [1.807, 2.05) is 0 Å². The molecule has 182 valence electrons. The number of primary amides is 1. The van der Waals surface area contributed by atoms with Crippen molar-refractivity contribution in [2.75, 3.05) is 46.2 Å². The molecule has 0 radical (unpaired) electrons. The van der Waals surface area contributed by atoms with E-state index >= 15 is 0 Å². The van der Waals surface area contributed by atoms with E-state index in [-0.39, 0.29) is 41.9 Å². The zero-order valence-corrected chi connectivity index (χ0v) is 24.6. The van der Waals surface area contributed by atoms with Crippen LogP contribution in [0.3, 0.4) is 0 Å². The number of amides is 1. The number of esters is 3. The standard InChI is InChI=1S/C8H11NO3.C5H8O4.C4H6Br2.CH4O.CH3O.Na/c1-3-5-4-8(5,6(9)10)7(11)12-2;1-8-4(6)3-5(7)9-2;5-3-1-2-4-6;2*1-2;/h3,5H,1,4H2,2H3,(H2,9,10);3H2,1-2H3;1-2H,3-4H2;2H,1H3;1H3;/q;;;;-1;+1/b;;2-1+;;;/t5-,8+;;;;;/m0...../s1. The maximum absolute atomic E-state index is 11.1. The van der Waals surface area contributed by atoms with Gasteiger partial charge in [-0.05, 0) is 6.42 Å². The maximum Gasteiger partial charge on any atom is 1.00 e. The van der Waals surface area contributed by atoms with Crippen LogP contribution in [-0.2, 0) is 33.4 Å². The van der Waals surface area contributed by atoms with E-state index in [2.05, 4.69) is 64.8 Å². The SMILES string of the molecule is BrC/C=C/CBr.C=C[C@H]1C[C@@]1(C(N)=O)C(=O)OC.CO.COC(=O)CC(=O)OC.C[O-].[Na+]. The summed E-state index contributed by atoms with van der Waals surface area (Å²) in [5, 5.41) is 17.2. The number of aliphatic hydroxyl groups is 1. The van der Waals surface area contributed by atoms with Crippen LogP contribution in [0.1, 0.15) is 12.8 Å². The fourth-order valence-electron chi connectivity index (χ4n) is 1.76. The van der Waals surface area contributed by atoms with E-state index in [9.17, 15) is 19.2 Å². The van der Waals surface area contributed by atoms with Gasteiger partial charge in [0.25, 0.3) is 0 Å². The van der Waals surface area contributed by atoms with E-state index < -0.39 is 29.2 Å². The summed E-state index contributed by atoms with van der Waals surface area (Å²) in [6.07, 6.45) is 5.77. The fraction of sp³-hybridized carbons (Fsp3) is 0.579. The maximum atomic E-state index is 11.1. The summed E-state index contributed by atoms with van der Waals surface area (Å²) in [4.78, 5) is 42.6. The van der Waals surface area contributed by atoms with Crippen molar-refractivity contribution in [2.24, 2.45) is 17.1 Å². The predicted octanol–water partition coefficient (Wildman–Crippen LogP) is -2.52. The van der Waals surface area contributed by atoms with E-state index in [0.29, 0.717) is 6.42 Å². The molecule has 1 aliphatic carbocycles. The van der Waals surface area contributed by atoms with Crippen LogP contribution in [0.5, 0.6) is 0 Å². The van der Waals surface area contributed by atoms with Gasteiger partial charge in [0.1, 0.15) is 6.42 Å². The van der Waals surface area contributed by atoms with Crippen molar-refractivity contribution in [3.8, 4) is 0 Å². The minimum Gasteiger partial charge on any atom is -0.857 e. The Bertz CT molecular complexity index is 543. The predicted molar refractivity (Wildman–Crippen MR) is 121 cm³/mol. The first-order valence-corrected chi connectivity index (χ1v) is 10.7. The molecule has 1 aliphatic rings. The smallest absolute Gasteiger partial charge is 0.857 e. The number of hydrogen-bond donors (Lipinski definition) is 2. The second-order valence-electron chi connectivity index (χ2n) is 4.98. The van der Waals surface area contributed by atoms with Gasteiger partial charge in [0, 0.05) is 23.7 Å². The molecule has 0 aromatic rings. The number of ether oxygens (including phenoxy) is 3. The third-order valence-electron chi connectivity index (χ3n) is 3.38. The van der Waals surface area contributed by atoms with Crippen molar-refractivity contribution in [1.29, 1.82) is 0 Å². The zero-order valence-electron chi connectivity index (χ0n) is 19.4. The summed E-state index contributed by atoms with van der Waals surface area (Å²) in [5.41, 5.74) is 3.97. The van der Waals surface area contributed by atoms with E-state index in [4.69, 9.17) is 15.9 Å². The number of methoxy groups -OCH3 is 3. The van der Waals surface area contributed by atoms with Crippen LogP contribution >= 0.6 is 31.9 Å². The number of alkyl halides is 2. The van der Waals surface area contributed by atoms with Crippen LogP contribution in [0.25, 0.3) is 0 Å². The molecule has 0 aliphatic heterocycles. The molecule has 13 heteroatoms. The number of aliphatic hydroxyl groups excluding tert-OH is 1. The quantitative estimate of drug-likeness (QED) is 0.0801. The van der Waals surface area contributed by atoms with E-state index in [1.54, 1.807) is 6.08 Å². The summed E-state index contributed by atoms with van der Waals surface area (Å²) in [7, 11) is 5.42.